The van der Waals surface area contributed by atoms with Gasteiger partial charge in [0.25, 0.3) is 0 Å². The molecule has 5 rings (SSSR count). The zero-order valence-corrected chi connectivity index (χ0v) is 36.7. The number of esters is 2. The summed E-state index contributed by atoms with van der Waals surface area (Å²) < 4.78 is 11.3. The van der Waals surface area contributed by atoms with Crippen LogP contribution in [0.2, 0.25) is 0 Å². The highest BCUT2D eigenvalue weighted by molar-refractivity contribution is 5.95. The van der Waals surface area contributed by atoms with Crippen LogP contribution < -0.4 is 9.47 Å². The van der Waals surface area contributed by atoms with Crippen molar-refractivity contribution in [3.8, 4) is 11.5 Å². The molecule has 0 aromatic heterocycles. The van der Waals surface area contributed by atoms with Gasteiger partial charge in [0.2, 0.25) is 0 Å². The van der Waals surface area contributed by atoms with Gasteiger partial charge in [-0.15, -0.1) is 0 Å². The molecule has 61 heavy (non-hydrogen) atoms. The third-order valence-corrected chi connectivity index (χ3v) is 11.1. The van der Waals surface area contributed by atoms with Crippen LogP contribution in [0.1, 0.15) is 160 Å². The molecule has 0 heterocycles. The molecule has 0 aliphatic rings. The molecule has 0 amide bonds. The Morgan fingerprint density at radius 3 is 1.46 bits per heavy atom. The number of hydrogen-bond acceptors (Lipinski definition) is 7. The van der Waals surface area contributed by atoms with Crippen LogP contribution in [-0.2, 0) is 12.8 Å². The number of azo groups is 1. The Balaban J connectivity index is 1.04. The van der Waals surface area contributed by atoms with Crippen LogP contribution in [0.3, 0.4) is 0 Å². The summed E-state index contributed by atoms with van der Waals surface area (Å²) in [6.45, 7) is 6.35. The van der Waals surface area contributed by atoms with E-state index in [1.165, 1.54) is 114 Å². The highest BCUT2D eigenvalue weighted by Crippen LogP contribution is 2.26. The van der Waals surface area contributed by atoms with Gasteiger partial charge in [-0.25, -0.2) is 9.59 Å². The highest BCUT2D eigenvalue weighted by atomic mass is 16.5. The molecule has 0 spiro atoms. The van der Waals surface area contributed by atoms with E-state index in [1.807, 2.05) is 61.5 Å². The van der Waals surface area contributed by atoms with Crippen LogP contribution in [0.4, 0.5) is 17.1 Å². The molecule has 0 atom stereocenters. The average molecular weight is 820 g/mol. The van der Waals surface area contributed by atoms with Gasteiger partial charge in [0.1, 0.15) is 11.5 Å². The van der Waals surface area contributed by atoms with Crippen LogP contribution in [0.5, 0.6) is 11.5 Å². The number of nitrogens with zero attached hydrogens (tertiary/aromatic N) is 3. The number of rotatable bonds is 26. The smallest absolute Gasteiger partial charge is 0.343 e. The standard InChI is InChI=1S/C54H65N3O4/c1-4-6-8-10-12-13-14-15-17-19-22-44-27-33-47(34-28-44)56-57-48-35-39-50(40-36-48)61-54(59)51-23-20-24-52(42(51)3)55-41-45-29-37-49(38-30-45)60-53(58)46-31-25-43(26-32-46)21-18-16-11-9-7-5-2/h20,23-41H,4-19,21-22H2,1-3H3. The zero-order chi connectivity index (χ0) is 42.9. The fourth-order valence-corrected chi connectivity index (χ4v) is 7.24. The molecule has 0 N–H and O–H groups in total. The summed E-state index contributed by atoms with van der Waals surface area (Å²) in [5, 5.41) is 8.78. The largest absolute Gasteiger partial charge is 0.423 e. The number of benzene rings is 5. The van der Waals surface area contributed by atoms with E-state index < -0.39 is 5.97 Å². The molecule has 0 fully saturated rings. The fraction of sp³-hybridized carbons (Fsp3) is 0.389. The molecule has 0 bridgehead atoms. The first-order valence-corrected chi connectivity index (χ1v) is 22.8. The maximum atomic E-state index is 13.2. The molecule has 5 aromatic carbocycles. The quantitative estimate of drug-likeness (QED) is 0.0183. The summed E-state index contributed by atoms with van der Waals surface area (Å²) in [5.41, 5.74) is 7.15. The van der Waals surface area contributed by atoms with Crippen molar-refractivity contribution >= 4 is 35.2 Å². The summed E-state index contributed by atoms with van der Waals surface area (Å²) in [6.07, 6.45) is 24.8. The summed E-state index contributed by atoms with van der Waals surface area (Å²) >= 11 is 0. The van der Waals surface area contributed by atoms with Gasteiger partial charge >= 0.3 is 11.9 Å². The van der Waals surface area contributed by atoms with Crippen molar-refractivity contribution in [2.75, 3.05) is 0 Å². The molecule has 5 aromatic rings. The van der Waals surface area contributed by atoms with E-state index in [0.29, 0.717) is 39.6 Å². The van der Waals surface area contributed by atoms with E-state index >= 15 is 0 Å². The summed E-state index contributed by atoms with van der Waals surface area (Å²) in [4.78, 5) is 30.7. The third-order valence-electron chi connectivity index (χ3n) is 11.1. The summed E-state index contributed by atoms with van der Waals surface area (Å²) in [6, 6.07) is 35.5. The van der Waals surface area contributed by atoms with Gasteiger partial charge in [0.05, 0.1) is 28.2 Å². The van der Waals surface area contributed by atoms with Crippen molar-refractivity contribution < 1.29 is 19.1 Å². The van der Waals surface area contributed by atoms with E-state index in [9.17, 15) is 9.59 Å². The van der Waals surface area contributed by atoms with Gasteiger partial charge in [-0.3, -0.25) is 4.99 Å². The first kappa shape index (κ1) is 46.4. The first-order valence-electron chi connectivity index (χ1n) is 22.8. The lowest BCUT2D eigenvalue weighted by Crippen LogP contribution is -2.10. The first-order chi connectivity index (χ1) is 29.9. The lowest BCUT2D eigenvalue weighted by molar-refractivity contribution is 0.0724. The number of aryl methyl sites for hydroxylation is 2. The van der Waals surface area contributed by atoms with Crippen LogP contribution in [0.25, 0.3) is 0 Å². The second kappa shape index (κ2) is 26.5. The Kier molecular flexibility index (Phi) is 20.2. The monoisotopic (exact) mass is 819 g/mol. The molecule has 0 saturated carbocycles. The second-order valence-corrected chi connectivity index (χ2v) is 16.1. The van der Waals surface area contributed by atoms with Crippen molar-refractivity contribution in [2.24, 2.45) is 15.2 Å². The highest BCUT2D eigenvalue weighted by Gasteiger charge is 2.14. The Hall–Kier alpha value is -5.69. The number of carbonyl (C=O) groups is 2. The van der Waals surface area contributed by atoms with Gasteiger partial charge in [-0.2, -0.15) is 10.2 Å². The predicted molar refractivity (Wildman–Crippen MR) is 251 cm³/mol. The van der Waals surface area contributed by atoms with Crippen LogP contribution >= 0.6 is 0 Å². The molecular weight excluding hydrogens is 755 g/mol. The molecule has 0 unspecified atom stereocenters. The Morgan fingerprint density at radius 1 is 0.492 bits per heavy atom. The molecular formula is C54H65N3O4. The average Bonchev–Trinajstić information content (AvgIpc) is 3.28. The van der Waals surface area contributed by atoms with Crippen LogP contribution in [-0.4, -0.2) is 18.2 Å². The van der Waals surface area contributed by atoms with Crippen molar-refractivity contribution in [2.45, 2.75) is 136 Å². The summed E-state index contributed by atoms with van der Waals surface area (Å²) in [7, 11) is 0. The molecule has 0 radical (unpaired) electrons. The number of aliphatic imine (C=N–C) groups is 1. The van der Waals surface area contributed by atoms with Crippen molar-refractivity contribution in [1.82, 2.24) is 0 Å². The van der Waals surface area contributed by atoms with Crippen molar-refractivity contribution in [3.05, 3.63) is 149 Å². The Morgan fingerprint density at radius 2 is 0.934 bits per heavy atom. The predicted octanol–water partition coefficient (Wildman–Crippen LogP) is 16.0. The number of ether oxygens (including phenoxy) is 2. The summed E-state index contributed by atoms with van der Waals surface area (Å²) in [5.74, 6) is 0.00404. The minimum atomic E-state index is -0.472. The molecule has 0 saturated heterocycles. The van der Waals surface area contributed by atoms with Gasteiger partial charge in [0, 0.05) is 6.21 Å². The van der Waals surface area contributed by atoms with Gasteiger partial charge in [-0.1, -0.05) is 134 Å². The third kappa shape index (κ3) is 16.7. The van der Waals surface area contributed by atoms with Gasteiger partial charge in [-0.05, 0) is 140 Å². The Bertz CT molecular complexity index is 2100. The topological polar surface area (TPSA) is 89.7 Å². The zero-order valence-electron chi connectivity index (χ0n) is 36.7. The molecule has 320 valence electrons. The normalized spacial score (nSPS) is 11.4. The molecule has 7 nitrogen and oxygen atoms in total. The van der Waals surface area contributed by atoms with E-state index in [4.69, 9.17) is 9.47 Å². The van der Waals surface area contributed by atoms with Gasteiger partial charge < -0.3 is 9.47 Å². The van der Waals surface area contributed by atoms with Crippen molar-refractivity contribution in [1.29, 1.82) is 0 Å². The van der Waals surface area contributed by atoms with E-state index in [2.05, 4.69) is 41.2 Å². The minimum absolute atomic E-state index is 0.390. The van der Waals surface area contributed by atoms with Crippen molar-refractivity contribution in [3.63, 3.8) is 0 Å². The molecule has 7 heteroatoms. The van der Waals surface area contributed by atoms with Gasteiger partial charge in [0.15, 0.2) is 0 Å². The molecule has 0 aliphatic heterocycles. The lowest BCUT2D eigenvalue weighted by Gasteiger charge is -2.09. The van der Waals surface area contributed by atoms with Crippen LogP contribution in [0.15, 0.2) is 130 Å². The maximum absolute atomic E-state index is 13.2. The lowest BCUT2D eigenvalue weighted by atomic mass is 10.0. The number of unbranched alkanes of at least 4 members (excludes halogenated alkanes) is 14. The maximum Gasteiger partial charge on any atom is 0.343 e. The Labute approximate surface area is 364 Å². The SMILES string of the molecule is CCCCCCCCCCCCc1ccc(N=Nc2ccc(OC(=O)c3cccc(N=Cc4ccc(OC(=O)c5ccc(CCCCCCCC)cc5)cc4)c3C)cc2)cc1. The molecule has 0 aliphatic carbocycles. The minimum Gasteiger partial charge on any atom is -0.423 e. The number of hydrogen-bond donors (Lipinski definition) is 0. The fourth-order valence-electron chi connectivity index (χ4n) is 7.24. The second-order valence-electron chi connectivity index (χ2n) is 16.1. The van der Waals surface area contributed by atoms with E-state index in [-0.39, 0.29) is 5.97 Å². The van der Waals surface area contributed by atoms with E-state index in [0.717, 1.165) is 24.1 Å². The van der Waals surface area contributed by atoms with E-state index in [1.54, 1.807) is 54.7 Å². The van der Waals surface area contributed by atoms with Crippen LogP contribution in [0, 0.1) is 6.92 Å². The number of carbonyl (C=O) groups excluding carboxylic acids is 2.